The van der Waals surface area contributed by atoms with E-state index in [2.05, 4.69) is 6.07 Å². The van der Waals surface area contributed by atoms with Crippen molar-refractivity contribution in [3.05, 3.63) is 95.9 Å². The number of pyridine rings is 1. The van der Waals surface area contributed by atoms with Crippen LogP contribution in [0.1, 0.15) is 22.5 Å². The number of rotatable bonds is 7. The van der Waals surface area contributed by atoms with Crippen LogP contribution in [-0.2, 0) is 11.3 Å². The number of fused-ring (bicyclic) bond motifs is 2. The van der Waals surface area contributed by atoms with Gasteiger partial charge in [0.15, 0.2) is 0 Å². The summed E-state index contributed by atoms with van der Waals surface area (Å²) in [6.07, 6.45) is 0.705. The molecule has 0 bridgehead atoms. The van der Waals surface area contributed by atoms with E-state index in [0.717, 1.165) is 55.0 Å². The molecule has 1 amide bonds. The van der Waals surface area contributed by atoms with Gasteiger partial charge in [-0.3, -0.25) is 4.79 Å². The molecule has 0 atom stereocenters. The van der Waals surface area contributed by atoms with Crippen LogP contribution in [0.25, 0.3) is 54.8 Å². The average Bonchev–Trinajstić information content (AvgIpc) is 3.63. The predicted octanol–water partition coefficient (Wildman–Crippen LogP) is 6.94. The van der Waals surface area contributed by atoms with Gasteiger partial charge in [0.25, 0.3) is 0 Å². The van der Waals surface area contributed by atoms with Crippen molar-refractivity contribution >= 4 is 44.3 Å². The van der Waals surface area contributed by atoms with Crippen molar-refractivity contribution in [3.8, 4) is 39.4 Å². The molecule has 0 spiro atoms. The molecule has 6 aromatic rings. The Morgan fingerprint density at radius 2 is 1.69 bits per heavy atom. The number of thiophene rings is 1. The first kappa shape index (κ1) is 28.8. The number of aliphatic hydroxyl groups is 1. The van der Waals surface area contributed by atoms with Crippen molar-refractivity contribution in [3.63, 3.8) is 0 Å². The van der Waals surface area contributed by atoms with Crippen LogP contribution in [-0.4, -0.2) is 62.8 Å². The third kappa shape index (κ3) is 5.45. The molecule has 1 aliphatic heterocycles. The monoisotopic (exact) mass is 617 g/mol. The number of ether oxygens (including phenoxy) is 1. The summed E-state index contributed by atoms with van der Waals surface area (Å²) in [5.74, 6) is -0.295. The van der Waals surface area contributed by atoms with Gasteiger partial charge in [0, 0.05) is 29.6 Å². The van der Waals surface area contributed by atoms with Crippen LogP contribution in [0.3, 0.4) is 0 Å². The molecule has 7 rings (SSSR count). The quantitative estimate of drug-likeness (QED) is 0.201. The van der Waals surface area contributed by atoms with E-state index in [-0.39, 0.29) is 17.3 Å². The van der Waals surface area contributed by atoms with Crippen LogP contribution in [0.2, 0.25) is 0 Å². The Morgan fingerprint density at radius 3 is 2.44 bits per heavy atom. The largest absolute Gasteiger partial charge is 0.497 e. The molecule has 0 radical (unpaired) electrons. The van der Waals surface area contributed by atoms with E-state index >= 15 is 0 Å². The Balaban J connectivity index is 1.39. The molecular formula is C36H31N3O5S. The Bertz CT molecular complexity index is 2060. The van der Waals surface area contributed by atoms with Crippen LogP contribution < -0.4 is 4.74 Å². The van der Waals surface area contributed by atoms with Gasteiger partial charge < -0.3 is 24.4 Å². The minimum absolute atomic E-state index is 0.0512. The minimum Gasteiger partial charge on any atom is -0.497 e. The van der Waals surface area contributed by atoms with Crippen LogP contribution in [0.5, 0.6) is 5.75 Å². The number of hydrogen-bond acceptors (Lipinski definition) is 6. The van der Waals surface area contributed by atoms with E-state index in [1.54, 1.807) is 18.1 Å². The molecule has 45 heavy (non-hydrogen) atoms. The topological polar surface area (TPSA) is 105 Å². The summed E-state index contributed by atoms with van der Waals surface area (Å²) >= 11 is 1.22. The van der Waals surface area contributed by atoms with E-state index in [9.17, 15) is 19.8 Å². The van der Waals surface area contributed by atoms with Crippen LogP contribution in [0.15, 0.2) is 91.0 Å². The Morgan fingerprint density at radius 1 is 0.911 bits per heavy atom. The summed E-state index contributed by atoms with van der Waals surface area (Å²) in [7, 11) is 1.64. The second-order valence-corrected chi connectivity index (χ2v) is 12.3. The highest BCUT2D eigenvalue weighted by Gasteiger charge is 2.28. The Labute approximate surface area is 263 Å². The van der Waals surface area contributed by atoms with E-state index in [4.69, 9.17) is 9.72 Å². The number of piperidine rings is 1. The summed E-state index contributed by atoms with van der Waals surface area (Å²) in [4.78, 5) is 32.7. The Hall–Kier alpha value is -4.99. The average molecular weight is 618 g/mol. The van der Waals surface area contributed by atoms with Crippen molar-refractivity contribution in [2.75, 3.05) is 20.2 Å². The number of amides is 1. The van der Waals surface area contributed by atoms with Crippen LogP contribution in [0, 0.1) is 0 Å². The van der Waals surface area contributed by atoms with Gasteiger partial charge in [0.05, 0.1) is 40.3 Å². The number of hydrogen-bond donors (Lipinski definition) is 2. The van der Waals surface area contributed by atoms with Gasteiger partial charge in [-0.25, -0.2) is 9.78 Å². The van der Waals surface area contributed by atoms with E-state index in [1.807, 2.05) is 83.4 Å². The summed E-state index contributed by atoms with van der Waals surface area (Å²) in [6.45, 7) is 1.04. The summed E-state index contributed by atoms with van der Waals surface area (Å²) < 4.78 is 8.18. The SMILES string of the molecule is COc1cccc(-c2ccc3cc(-c4c(-c5ccccc5)c5sc(C(=O)O)cc5n4CC(=O)N4CCC(O)CC4)ccc3n2)c1. The lowest BCUT2D eigenvalue weighted by molar-refractivity contribution is -0.133. The maximum Gasteiger partial charge on any atom is 0.345 e. The number of likely N-dealkylation sites (tertiary alicyclic amines) is 1. The lowest BCUT2D eigenvalue weighted by Crippen LogP contribution is -2.41. The smallest absolute Gasteiger partial charge is 0.345 e. The zero-order valence-corrected chi connectivity index (χ0v) is 25.5. The Kier molecular flexibility index (Phi) is 7.56. The fraction of sp³-hybridized carbons (Fsp3) is 0.194. The molecule has 2 N–H and O–H groups in total. The van der Waals surface area contributed by atoms with Gasteiger partial charge >= 0.3 is 5.97 Å². The normalized spacial score (nSPS) is 13.9. The molecule has 8 nitrogen and oxygen atoms in total. The predicted molar refractivity (Wildman–Crippen MR) is 177 cm³/mol. The minimum atomic E-state index is -0.997. The highest BCUT2D eigenvalue weighted by atomic mass is 32.1. The van der Waals surface area contributed by atoms with Crippen molar-refractivity contribution in [1.29, 1.82) is 0 Å². The number of carboxylic acid groups (broad SMARTS) is 1. The van der Waals surface area contributed by atoms with Crippen LogP contribution >= 0.6 is 11.3 Å². The molecule has 1 fully saturated rings. The number of carboxylic acids is 1. The van der Waals surface area contributed by atoms with Gasteiger partial charge in [-0.05, 0) is 60.4 Å². The maximum atomic E-state index is 13.7. The van der Waals surface area contributed by atoms with Gasteiger partial charge in [0.2, 0.25) is 5.91 Å². The number of aliphatic hydroxyl groups excluding tert-OH is 1. The highest BCUT2D eigenvalue weighted by molar-refractivity contribution is 7.21. The molecule has 0 aliphatic carbocycles. The van der Waals surface area contributed by atoms with E-state index < -0.39 is 12.1 Å². The van der Waals surface area contributed by atoms with Gasteiger partial charge in [-0.1, -0.05) is 54.6 Å². The fourth-order valence-corrected chi connectivity index (χ4v) is 7.20. The third-order valence-electron chi connectivity index (χ3n) is 8.45. The molecule has 3 aromatic carbocycles. The zero-order chi connectivity index (χ0) is 31.1. The van der Waals surface area contributed by atoms with Crippen molar-refractivity contribution in [2.45, 2.75) is 25.5 Å². The molecule has 226 valence electrons. The number of carbonyl (C=O) groups excluding carboxylic acids is 1. The molecule has 0 saturated carbocycles. The summed E-state index contributed by atoms with van der Waals surface area (Å²) in [6, 6.07) is 29.5. The fourth-order valence-electron chi connectivity index (χ4n) is 6.13. The van der Waals surface area contributed by atoms with Crippen molar-refractivity contribution < 1.29 is 24.5 Å². The van der Waals surface area contributed by atoms with Crippen molar-refractivity contribution in [2.24, 2.45) is 0 Å². The third-order valence-corrected chi connectivity index (χ3v) is 9.58. The standard InChI is InChI=1S/C36H31N3O5S/c1-44-27-9-5-8-23(19-27)28-12-10-24-18-25(11-13-29(24)37-28)34-33(22-6-3-2-4-7-22)35-30(20-31(45-35)36(42)43)39(34)21-32(41)38-16-14-26(40)15-17-38/h2-13,18-20,26,40H,14-17,21H2,1H3,(H,42,43). The number of carbonyl (C=O) groups is 2. The van der Waals surface area contributed by atoms with Gasteiger partial charge in [-0.2, -0.15) is 0 Å². The lowest BCUT2D eigenvalue weighted by atomic mass is 9.99. The highest BCUT2D eigenvalue weighted by Crippen LogP contribution is 2.45. The van der Waals surface area contributed by atoms with E-state index in [1.165, 1.54) is 11.3 Å². The number of methoxy groups -OCH3 is 1. The molecular weight excluding hydrogens is 586 g/mol. The molecule has 4 heterocycles. The second-order valence-electron chi connectivity index (χ2n) is 11.3. The zero-order valence-electron chi connectivity index (χ0n) is 24.6. The molecule has 0 unspecified atom stereocenters. The van der Waals surface area contributed by atoms with Gasteiger partial charge in [0.1, 0.15) is 17.2 Å². The first-order valence-electron chi connectivity index (χ1n) is 14.9. The second kappa shape index (κ2) is 11.8. The van der Waals surface area contributed by atoms with E-state index in [0.29, 0.717) is 31.4 Å². The summed E-state index contributed by atoms with van der Waals surface area (Å²) in [5, 5.41) is 20.8. The number of aromatic carboxylic acids is 1. The number of benzene rings is 3. The van der Waals surface area contributed by atoms with Crippen molar-refractivity contribution in [1.82, 2.24) is 14.5 Å². The first-order valence-corrected chi connectivity index (χ1v) is 15.7. The summed E-state index contributed by atoms with van der Waals surface area (Å²) in [5.41, 5.74) is 6.92. The lowest BCUT2D eigenvalue weighted by Gasteiger charge is -2.30. The molecule has 1 saturated heterocycles. The number of aromatic nitrogens is 2. The van der Waals surface area contributed by atoms with Crippen LogP contribution in [0.4, 0.5) is 0 Å². The van der Waals surface area contributed by atoms with Gasteiger partial charge in [-0.15, -0.1) is 11.3 Å². The molecule has 1 aliphatic rings. The molecule has 3 aromatic heterocycles. The first-order chi connectivity index (χ1) is 21.9. The number of nitrogens with zero attached hydrogens (tertiary/aromatic N) is 3. The molecule has 9 heteroatoms. The maximum absolute atomic E-state index is 13.7.